The number of rotatable bonds is 5. The van der Waals surface area contributed by atoms with Gasteiger partial charge in [-0.05, 0) is 86.0 Å². The maximum Gasteiger partial charge on any atom is 0.331 e. The van der Waals surface area contributed by atoms with Crippen LogP contribution in [0.5, 0.6) is 0 Å². The molecule has 14 atom stereocenters. The van der Waals surface area contributed by atoms with E-state index in [4.69, 9.17) is 14.3 Å². The van der Waals surface area contributed by atoms with Gasteiger partial charge in [-0.3, -0.25) is 4.84 Å². The van der Waals surface area contributed by atoms with Crippen molar-refractivity contribution in [3.8, 4) is 0 Å². The Bertz CT molecular complexity index is 1050. The number of carbonyl (C=O) groups is 1. The van der Waals surface area contributed by atoms with Crippen LogP contribution in [0.15, 0.2) is 11.6 Å². The average molecular weight is 582 g/mol. The molecule has 6 rings (SSSR count). The van der Waals surface area contributed by atoms with Gasteiger partial charge in [-0.1, -0.05) is 13.8 Å². The zero-order valence-electron chi connectivity index (χ0n) is 24.3. The van der Waals surface area contributed by atoms with Gasteiger partial charge in [0, 0.05) is 17.5 Å². The SMILES string of the molecule is CON([C@@H]1CC[C@@]2(C)[C@H](CC[C@@H]3[C@@H]2C[C@@H](O)[C@]2(C)[C@@H](C4=CC(=O)OC4)CC[C@]32O)C1)[C@@H]1O[C@H](CO)[C@@H](O)[C@H](O)[C@H]1O. The lowest BCUT2D eigenvalue weighted by Gasteiger charge is -2.65. The number of hydroxylamine groups is 2. The molecule has 0 bridgehead atoms. The number of fused-ring (bicyclic) bond motifs is 5. The fourth-order valence-electron chi connectivity index (χ4n) is 10.4. The molecule has 0 aromatic heterocycles. The summed E-state index contributed by atoms with van der Waals surface area (Å²) in [7, 11) is 1.49. The molecule has 4 saturated carbocycles. The molecule has 0 aromatic rings. The van der Waals surface area contributed by atoms with Crippen molar-refractivity contribution in [2.24, 2.45) is 34.5 Å². The highest BCUT2D eigenvalue weighted by Gasteiger charge is 2.71. The van der Waals surface area contributed by atoms with E-state index in [1.54, 1.807) is 11.1 Å². The summed E-state index contributed by atoms with van der Waals surface area (Å²) in [6.45, 7) is 4.05. The van der Waals surface area contributed by atoms with E-state index < -0.39 is 54.4 Å². The molecule has 4 aliphatic carbocycles. The molecule has 11 nitrogen and oxygen atoms in total. The van der Waals surface area contributed by atoms with Gasteiger partial charge in [0.25, 0.3) is 0 Å². The van der Waals surface area contributed by atoms with Gasteiger partial charge in [-0.15, -0.1) is 0 Å². The third kappa shape index (κ3) is 4.22. The van der Waals surface area contributed by atoms with Crippen molar-refractivity contribution in [2.45, 2.75) is 114 Å². The van der Waals surface area contributed by atoms with E-state index in [1.807, 2.05) is 6.92 Å². The molecule has 2 aliphatic heterocycles. The molecule has 41 heavy (non-hydrogen) atoms. The summed E-state index contributed by atoms with van der Waals surface area (Å²) < 4.78 is 11.0. The van der Waals surface area contributed by atoms with Crippen molar-refractivity contribution in [3.05, 3.63) is 11.6 Å². The Kier molecular flexibility index (Phi) is 7.65. The van der Waals surface area contributed by atoms with Gasteiger partial charge in [-0.25, -0.2) is 4.79 Å². The largest absolute Gasteiger partial charge is 0.458 e. The molecule has 5 fully saturated rings. The molecule has 6 N–H and O–H groups in total. The second-order valence-electron chi connectivity index (χ2n) is 14.1. The van der Waals surface area contributed by atoms with Crippen LogP contribution in [0.4, 0.5) is 0 Å². The molecular weight excluding hydrogens is 534 g/mol. The molecule has 0 radical (unpaired) electrons. The Morgan fingerprint density at radius 3 is 2.41 bits per heavy atom. The maximum atomic E-state index is 12.5. The van der Waals surface area contributed by atoms with Crippen LogP contribution in [0.25, 0.3) is 0 Å². The molecule has 11 heteroatoms. The standard InChI is InChI=1S/C30H47NO10/c1-28-8-6-17(31(39-3)27-26(37)25(36)24(35)21(13-32)41-27)11-16(28)4-5-19-20(28)12-22(33)29(2)18(7-9-30(19,29)38)15-10-23(34)40-14-15/h10,16-22,24-27,32-33,35-38H,4-9,11-14H2,1-3H3/t16-,17-,18-,19-,20+,21-,22-,24-,25+,26-,27-,28+,29+,30+/m1/s1. The summed E-state index contributed by atoms with van der Waals surface area (Å²) >= 11 is 0. The first-order chi connectivity index (χ1) is 19.4. The Hall–Kier alpha value is -1.15. The molecule has 0 spiro atoms. The van der Waals surface area contributed by atoms with Crippen LogP contribution in [-0.4, -0.2) is 110 Å². The van der Waals surface area contributed by atoms with Crippen LogP contribution in [0.3, 0.4) is 0 Å². The van der Waals surface area contributed by atoms with Gasteiger partial charge in [0.2, 0.25) is 0 Å². The quantitative estimate of drug-likeness (QED) is 0.194. The van der Waals surface area contributed by atoms with Crippen molar-refractivity contribution in [2.75, 3.05) is 20.3 Å². The molecule has 1 saturated heterocycles. The highest BCUT2D eigenvalue weighted by Crippen LogP contribution is 2.70. The second-order valence-corrected chi connectivity index (χ2v) is 14.1. The van der Waals surface area contributed by atoms with Crippen molar-refractivity contribution in [1.82, 2.24) is 5.06 Å². The van der Waals surface area contributed by atoms with Crippen molar-refractivity contribution in [1.29, 1.82) is 0 Å². The number of nitrogens with zero attached hydrogens (tertiary/aromatic N) is 1. The van der Waals surface area contributed by atoms with E-state index in [9.17, 15) is 35.4 Å². The minimum atomic E-state index is -1.48. The zero-order chi connectivity index (χ0) is 29.5. The lowest BCUT2D eigenvalue weighted by atomic mass is 9.42. The summed E-state index contributed by atoms with van der Waals surface area (Å²) in [4.78, 5) is 17.6. The highest BCUT2D eigenvalue weighted by atomic mass is 16.7. The smallest absolute Gasteiger partial charge is 0.331 e. The minimum absolute atomic E-state index is 0.0429. The first kappa shape index (κ1) is 29.9. The number of ether oxygens (including phenoxy) is 2. The summed E-state index contributed by atoms with van der Waals surface area (Å²) in [5.41, 5.74) is -1.01. The zero-order valence-corrected chi connectivity index (χ0v) is 24.3. The fraction of sp³-hybridized carbons (Fsp3) is 0.900. The maximum absolute atomic E-state index is 12.5. The van der Waals surface area contributed by atoms with Gasteiger partial charge in [0.05, 0.1) is 25.4 Å². The van der Waals surface area contributed by atoms with E-state index in [-0.39, 0.29) is 47.7 Å². The number of hydrogen-bond acceptors (Lipinski definition) is 11. The average Bonchev–Trinajstić information content (AvgIpc) is 3.50. The topological polar surface area (TPSA) is 169 Å². The van der Waals surface area contributed by atoms with Crippen LogP contribution in [0, 0.1) is 34.5 Å². The molecule has 6 aliphatic rings. The van der Waals surface area contributed by atoms with Crippen molar-refractivity contribution in [3.63, 3.8) is 0 Å². The number of hydrogen-bond donors (Lipinski definition) is 6. The molecular formula is C30H47NO10. The lowest BCUT2D eigenvalue weighted by molar-refractivity contribution is -0.345. The van der Waals surface area contributed by atoms with Crippen LogP contribution < -0.4 is 0 Å². The molecule has 2 heterocycles. The summed E-state index contributed by atoms with van der Waals surface area (Å²) in [6.07, 6.45) is 0.416. The Morgan fingerprint density at radius 2 is 1.76 bits per heavy atom. The van der Waals surface area contributed by atoms with Crippen molar-refractivity contribution >= 4 is 5.97 Å². The number of aliphatic hydroxyl groups is 6. The van der Waals surface area contributed by atoms with Gasteiger partial charge >= 0.3 is 5.97 Å². The van der Waals surface area contributed by atoms with Gasteiger partial charge in [0.1, 0.15) is 31.0 Å². The van der Waals surface area contributed by atoms with E-state index in [0.717, 1.165) is 44.1 Å². The molecule has 232 valence electrons. The fourth-order valence-corrected chi connectivity index (χ4v) is 10.4. The minimum Gasteiger partial charge on any atom is -0.458 e. The van der Waals surface area contributed by atoms with Gasteiger partial charge in [-0.2, -0.15) is 5.06 Å². The Labute approximate surface area is 241 Å². The van der Waals surface area contributed by atoms with Crippen LogP contribution >= 0.6 is 0 Å². The first-order valence-corrected chi connectivity index (χ1v) is 15.3. The van der Waals surface area contributed by atoms with E-state index in [1.165, 1.54) is 7.11 Å². The van der Waals surface area contributed by atoms with Crippen LogP contribution in [-0.2, 0) is 19.1 Å². The van der Waals surface area contributed by atoms with Gasteiger partial charge < -0.3 is 40.1 Å². The second kappa shape index (κ2) is 10.5. The van der Waals surface area contributed by atoms with Gasteiger partial charge in [0.15, 0.2) is 6.23 Å². The normalized spacial score (nSPS) is 53.4. The Balaban J connectivity index is 1.22. The predicted molar refractivity (Wildman–Crippen MR) is 144 cm³/mol. The van der Waals surface area contributed by atoms with Crippen LogP contribution in [0.2, 0.25) is 0 Å². The lowest BCUT2D eigenvalue weighted by Crippen LogP contribution is -2.68. The molecule has 0 aromatic carbocycles. The molecule has 0 unspecified atom stereocenters. The first-order valence-electron chi connectivity index (χ1n) is 15.3. The number of aliphatic hydroxyl groups excluding tert-OH is 5. The summed E-state index contributed by atoms with van der Waals surface area (Å²) in [5, 5.41) is 66.8. The number of cyclic esters (lactones) is 1. The predicted octanol–water partition coefficient (Wildman–Crippen LogP) is 0.246. The van der Waals surface area contributed by atoms with E-state index >= 15 is 0 Å². The monoisotopic (exact) mass is 581 g/mol. The summed E-state index contributed by atoms with van der Waals surface area (Å²) in [5.74, 6) is 0.0192. The molecule has 0 amide bonds. The number of esters is 1. The van der Waals surface area contributed by atoms with E-state index in [2.05, 4.69) is 6.92 Å². The van der Waals surface area contributed by atoms with Crippen LogP contribution in [0.1, 0.15) is 65.2 Å². The third-order valence-electron chi connectivity index (χ3n) is 12.7. The summed E-state index contributed by atoms with van der Waals surface area (Å²) in [6, 6.07) is -0.124. The Morgan fingerprint density at radius 1 is 1.00 bits per heavy atom. The van der Waals surface area contributed by atoms with Crippen molar-refractivity contribution < 1.29 is 49.7 Å². The third-order valence-corrected chi connectivity index (χ3v) is 12.7. The highest BCUT2D eigenvalue weighted by molar-refractivity contribution is 5.85. The van der Waals surface area contributed by atoms with E-state index in [0.29, 0.717) is 12.8 Å². The number of carbonyl (C=O) groups excluding carboxylic acids is 1.